The van der Waals surface area contributed by atoms with Gasteiger partial charge < -0.3 is 10.1 Å². The van der Waals surface area contributed by atoms with Crippen molar-refractivity contribution in [3.8, 4) is 11.8 Å². The number of nitrogens with one attached hydrogen (secondary N) is 1. The van der Waals surface area contributed by atoms with E-state index in [0.717, 1.165) is 6.54 Å². The monoisotopic (exact) mass is 272 g/mol. The van der Waals surface area contributed by atoms with Gasteiger partial charge in [-0.15, -0.1) is 0 Å². The van der Waals surface area contributed by atoms with Gasteiger partial charge in [-0.05, 0) is 48.8 Å². The third kappa shape index (κ3) is 3.74. The smallest absolute Gasteiger partial charge is 0.136 e. The van der Waals surface area contributed by atoms with E-state index in [1.165, 1.54) is 31.2 Å². The zero-order chi connectivity index (χ0) is 14.6. The molecular weight excluding hydrogens is 248 g/mol. The van der Waals surface area contributed by atoms with Crippen LogP contribution in [-0.4, -0.2) is 13.2 Å². The van der Waals surface area contributed by atoms with Gasteiger partial charge in [0.2, 0.25) is 0 Å². The summed E-state index contributed by atoms with van der Waals surface area (Å²) in [5.74, 6) is 0.663. The molecule has 2 rings (SSSR count). The molecule has 0 amide bonds. The lowest BCUT2D eigenvalue weighted by Crippen LogP contribution is -2.35. The highest BCUT2D eigenvalue weighted by molar-refractivity contribution is 5.45. The van der Waals surface area contributed by atoms with Crippen molar-refractivity contribution in [3.05, 3.63) is 29.3 Å². The first-order chi connectivity index (χ1) is 9.54. The summed E-state index contributed by atoms with van der Waals surface area (Å²) in [6.45, 7) is 5.55. The molecule has 1 aromatic rings. The zero-order valence-corrected chi connectivity index (χ0v) is 12.7. The first kappa shape index (κ1) is 14.9. The second-order valence-corrected chi connectivity index (χ2v) is 6.47. The Kier molecular flexibility index (Phi) is 4.67. The molecule has 1 aliphatic carbocycles. The molecule has 0 aromatic heterocycles. The Labute approximate surface area is 121 Å². The summed E-state index contributed by atoms with van der Waals surface area (Å²) in [5, 5.41) is 12.6. The van der Waals surface area contributed by atoms with E-state index >= 15 is 0 Å². The molecule has 0 heterocycles. The molecule has 0 spiro atoms. The van der Waals surface area contributed by atoms with Crippen LogP contribution in [0.2, 0.25) is 0 Å². The standard InChI is InChI=1S/C17H24N2O/c1-17(2)8-6-15(7-9-17)19-12-13-4-5-14(11-18)16(10-13)20-3/h4-5,10,15,19H,6-9,12H2,1-3H3. The average Bonchev–Trinajstić information content (AvgIpc) is 2.45. The zero-order valence-electron chi connectivity index (χ0n) is 12.7. The number of ether oxygens (including phenoxy) is 1. The van der Waals surface area contributed by atoms with E-state index in [2.05, 4.69) is 25.2 Å². The molecule has 1 fully saturated rings. The van der Waals surface area contributed by atoms with Crippen LogP contribution in [0.4, 0.5) is 0 Å². The van der Waals surface area contributed by atoms with Crippen LogP contribution in [0.15, 0.2) is 18.2 Å². The topological polar surface area (TPSA) is 45.0 Å². The quantitative estimate of drug-likeness (QED) is 0.910. The van der Waals surface area contributed by atoms with Crippen LogP contribution in [0.25, 0.3) is 0 Å². The number of benzene rings is 1. The molecule has 20 heavy (non-hydrogen) atoms. The van der Waals surface area contributed by atoms with Crippen molar-refractivity contribution in [2.75, 3.05) is 7.11 Å². The summed E-state index contributed by atoms with van der Waals surface area (Å²) in [7, 11) is 1.61. The molecule has 0 unspecified atom stereocenters. The fraction of sp³-hybridized carbons (Fsp3) is 0.588. The van der Waals surface area contributed by atoms with Gasteiger partial charge in [-0.25, -0.2) is 0 Å². The molecule has 0 radical (unpaired) electrons. The highest BCUT2D eigenvalue weighted by atomic mass is 16.5. The number of hydrogen-bond donors (Lipinski definition) is 1. The molecule has 1 saturated carbocycles. The predicted molar refractivity (Wildman–Crippen MR) is 80.6 cm³/mol. The number of nitrogens with zero attached hydrogens (tertiary/aromatic N) is 1. The van der Waals surface area contributed by atoms with Crippen LogP contribution in [0.3, 0.4) is 0 Å². The van der Waals surface area contributed by atoms with Crippen LogP contribution >= 0.6 is 0 Å². The van der Waals surface area contributed by atoms with Crippen molar-refractivity contribution < 1.29 is 4.74 Å². The highest BCUT2D eigenvalue weighted by Gasteiger charge is 2.26. The van der Waals surface area contributed by atoms with Crippen molar-refractivity contribution in [2.24, 2.45) is 5.41 Å². The Morgan fingerprint density at radius 2 is 2.05 bits per heavy atom. The van der Waals surface area contributed by atoms with Gasteiger partial charge >= 0.3 is 0 Å². The summed E-state index contributed by atoms with van der Waals surface area (Å²) in [6, 6.07) is 8.55. The van der Waals surface area contributed by atoms with Crippen LogP contribution in [0.5, 0.6) is 5.75 Å². The average molecular weight is 272 g/mol. The minimum atomic E-state index is 0.510. The number of rotatable bonds is 4. The lowest BCUT2D eigenvalue weighted by molar-refractivity contribution is 0.206. The maximum absolute atomic E-state index is 8.98. The van der Waals surface area contributed by atoms with Gasteiger partial charge in [-0.1, -0.05) is 19.9 Å². The SMILES string of the molecule is COc1cc(CNC2CCC(C)(C)CC2)ccc1C#N. The molecule has 1 aromatic carbocycles. The van der Waals surface area contributed by atoms with Crippen molar-refractivity contribution in [1.29, 1.82) is 5.26 Å². The van der Waals surface area contributed by atoms with Crippen LogP contribution < -0.4 is 10.1 Å². The van der Waals surface area contributed by atoms with Gasteiger partial charge in [0.15, 0.2) is 0 Å². The van der Waals surface area contributed by atoms with Gasteiger partial charge in [-0.3, -0.25) is 0 Å². The maximum Gasteiger partial charge on any atom is 0.136 e. The summed E-state index contributed by atoms with van der Waals surface area (Å²) >= 11 is 0. The molecule has 3 nitrogen and oxygen atoms in total. The maximum atomic E-state index is 8.98. The third-order valence-corrected chi connectivity index (χ3v) is 4.32. The first-order valence-corrected chi connectivity index (χ1v) is 7.34. The summed E-state index contributed by atoms with van der Waals surface area (Å²) in [6.07, 6.45) is 5.09. The number of methoxy groups -OCH3 is 1. The molecule has 0 atom stereocenters. The number of nitriles is 1. The third-order valence-electron chi connectivity index (χ3n) is 4.32. The van der Waals surface area contributed by atoms with E-state index in [-0.39, 0.29) is 0 Å². The molecular formula is C17H24N2O. The lowest BCUT2D eigenvalue weighted by Gasteiger charge is -2.34. The molecule has 0 saturated heterocycles. The van der Waals surface area contributed by atoms with Gasteiger partial charge in [-0.2, -0.15) is 5.26 Å². The van der Waals surface area contributed by atoms with Gasteiger partial charge in [0.25, 0.3) is 0 Å². The van der Waals surface area contributed by atoms with E-state index in [9.17, 15) is 0 Å². The van der Waals surface area contributed by atoms with Gasteiger partial charge in [0.05, 0.1) is 12.7 Å². The normalized spacial score (nSPS) is 18.5. The molecule has 0 bridgehead atoms. The largest absolute Gasteiger partial charge is 0.495 e. The first-order valence-electron chi connectivity index (χ1n) is 7.34. The molecule has 1 N–H and O–H groups in total. The second kappa shape index (κ2) is 6.28. The van der Waals surface area contributed by atoms with E-state index in [4.69, 9.17) is 10.00 Å². The molecule has 108 valence electrons. The lowest BCUT2D eigenvalue weighted by atomic mass is 9.75. The Bertz CT molecular complexity index is 492. The Morgan fingerprint density at radius 3 is 2.65 bits per heavy atom. The van der Waals surface area contributed by atoms with Crippen molar-refractivity contribution in [3.63, 3.8) is 0 Å². The van der Waals surface area contributed by atoms with Crippen molar-refractivity contribution in [1.82, 2.24) is 5.32 Å². The van der Waals surface area contributed by atoms with E-state index < -0.39 is 0 Å². The van der Waals surface area contributed by atoms with E-state index in [1.807, 2.05) is 18.2 Å². The fourth-order valence-corrected chi connectivity index (χ4v) is 2.80. The highest BCUT2D eigenvalue weighted by Crippen LogP contribution is 2.35. The van der Waals surface area contributed by atoms with E-state index in [1.54, 1.807) is 7.11 Å². The van der Waals surface area contributed by atoms with Crippen LogP contribution in [0, 0.1) is 16.7 Å². The minimum Gasteiger partial charge on any atom is -0.495 e. The summed E-state index contributed by atoms with van der Waals surface area (Å²) < 4.78 is 5.25. The Hall–Kier alpha value is -1.53. The summed E-state index contributed by atoms with van der Waals surface area (Å²) in [4.78, 5) is 0. The van der Waals surface area contributed by atoms with Crippen molar-refractivity contribution in [2.45, 2.75) is 52.1 Å². The van der Waals surface area contributed by atoms with E-state index in [0.29, 0.717) is 22.8 Å². The van der Waals surface area contributed by atoms with Crippen LogP contribution in [-0.2, 0) is 6.54 Å². The van der Waals surface area contributed by atoms with Gasteiger partial charge in [0, 0.05) is 12.6 Å². The molecule has 0 aliphatic heterocycles. The van der Waals surface area contributed by atoms with Crippen LogP contribution in [0.1, 0.15) is 50.7 Å². The fourth-order valence-electron chi connectivity index (χ4n) is 2.80. The molecule has 1 aliphatic rings. The van der Waals surface area contributed by atoms with Crippen molar-refractivity contribution >= 4 is 0 Å². The minimum absolute atomic E-state index is 0.510. The van der Waals surface area contributed by atoms with Gasteiger partial charge in [0.1, 0.15) is 11.8 Å². The summed E-state index contributed by atoms with van der Waals surface area (Å²) in [5.41, 5.74) is 2.27. The number of hydrogen-bond acceptors (Lipinski definition) is 3. The Balaban J connectivity index is 1.90. The Morgan fingerprint density at radius 1 is 1.35 bits per heavy atom. The second-order valence-electron chi connectivity index (χ2n) is 6.47. The predicted octanol–water partition coefficient (Wildman–Crippen LogP) is 3.63. The molecule has 3 heteroatoms.